The number of pyridine rings is 1. The summed E-state index contributed by atoms with van der Waals surface area (Å²) in [4.78, 5) is 20.7. The highest BCUT2D eigenvalue weighted by Gasteiger charge is 2.35. The highest BCUT2D eigenvalue weighted by molar-refractivity contribution is 5.83. The number of carbonyl (C=O) groups is 1. The number of nitrogens with one attached hydrogen (secondary N) is 1. The quantitative estimate of drug-likeness (QED) is 0.457. The third kappa shape index (κ3) is 5.47. The topological polar surface area (TPSA) is 115 Å². The molecule has 9 nitrogen and oxygen atoms in total. The predicted molar refractivity (Wildman–Crippen MR) is 130 cm³/mol. The van der Waals surface area contributed by atoms with E-state index < -0.39 is 6.10 Å². The molecule has 0 saturated carbocycles. The Bertz CT molecular complexity index is 1130. The van der Waals surface area contributed by atoms with Crippen LogP contribution in [-0.2, 0) is 11.2 Å². The number of aliphatic hydroxyl groups is 1. The second-order valence-electron chi connectivity index (χ2n) is 9.26. The number of aliphatic hydroxyl groups excluding tert-OH is 1. The SMILES string of the molecule is O=C1C(O)CCN1C1CCN(CCCc2ccc(Oc3ccc(-c4ccn[nH]4)cn3)cc2O)CC1. The number of aromatic nitrogens is 3. The van der Waals surface area contributed by atoms with Crippen LogP contribution in [0.1, 0.15) is 31.2 Å². The molecular formula is C26H31N5O4. The van der Waals surface area contributed by atoms with E-state index in [4.69, 9.17) is 4.74 Å². The molecule has 1 unspecified atom stereocenters. The highest BCUT2D eigenvalue weighted by Crippen LogP contribution is 2.29. The number of piperidine rings is 1. The fourth-order valence-electron chi connectivity index (χ4n) is 4.95. The number of ether oxygens (including phenoxy) is 1. The van der Waals surface area contributed by atoms with Crippen molar-refractivity contribution < 1.29 is 19.7 Å². The fraction of sp³-hybridized carbons (Fsp3) is 0.423. The van der Waals surface area contributed by atoms with Crippen LogP contribution in [0.4, 0.5) is 0 Å². The molecule has 1 aromatic carbocycles. The van der Waals surface area contributed by atoms with Crippen LogP contribution < -0.4 is 4.74 Å². The Kier molecular flexibility index (Phi) is 6.96. The number of nitrogens with zero attached hydrogens (tertiary/aromatic N) is 4. The van der Waals surface area contributed by atoms with Gasteiger partial charge < -0.3 is 24.7 Å². The third-order valence-corrected chi connectivity index (χ3v) is 6.96. The van der Waals surface area contributed by atoms with Gasteiger partial charge in [-0.25, -0.2) is 4.98 Å². The van der Waals surface area contributed by atoms with Gasteiger partial charge in [-0.15, -0.1) is 0 Å². The number of rotatable bonds is 8. The Hall–Kier alpha value is -3.43. The molecule has 1 amide bonds. The zero-order valence-electron chi connectivity index (χ0n) is 19.6. The van der Waals surface area contributed by atoms with E-state index in [9.17, 15) is 15.0 Å². The summed E-state index contributed by atoms with van der Waals surface area (Å²) in [5.74, 6) is 1.11. The van der Waals surface area contributed by atoms with E-state index >= 15 is 0 Å². The molecule has 2 aromatic heterocycles. The van der Waals surface area contributed by atoms with Crippen molar-refractivity contribution in [2.45, 2.75) is 44.2 Å². The summed E-state index contributed by atoms with van der Waals surface area (Å²) in [6, 6.07) is 11.2. The van der Waals surface area contributed by atoms with Gasteiger partial charge in [-0.05, 0) is 62.4 Å². The molecule has 0 spiro atoms. The number of carbonyl (C=O) groups excluding carboxylic acids is 1. The van der Waals surface area contributed by atoms with Crippen molar-refractivity contribution in [3.05, 3.63) is 54.4 Å². The summed E-state index contributed by atoms with van der Waals surface area (Å²) >= 11 is 0. The minimum absolute atomic E-state index is 0.103. The molecule has 0 aliphatic carbocycles. The van der Waals surface area contributed by atoms with E-state index in [1.165, 1.54) is 0 Å². The van der Waals surface area contributed by atoms with Gasteiger partial charge in [-0.2, -0.15) is 5.10 Å². The summed E-state index contributed by atoms with van der Waals surface area (Å²) < 4.78 is 5.80. The zero-order chi connectivity index (χ0) is 24.2. The molecule has 3 aromatic rings. The first-order valence-electron chi connectivity index (χ1n) is 12.2. The van der Waals surface area contributed by atoms with E-state index in [2.05, 4.69) is 20.1 Å². The van der Waals surface area contributed by atoms with Crippen LogP contribution in [0.3, 0.4) is 0 Å². The fourth-order valence-corrected chi connectivity index (χ4v) is 4.95. The molecule has 2 fully saturated rings. The van der Waals surface area contributed by atoms with Crippen molar-refractivity contribution in [3.63, 3.8) is 0 Å². The Balaban J connectivity index is 1.07. The van der Waals surface area contributed by atoms with Crippen molar-refractivity contribution in [2.75, 3.05) is 26.2 Å². The van der Waals surface area contributed by atoms with E-state index in [0.29, 0.717) is 24.6 Å². The van der Waals surface area contributed by atoms with E-state index in [0.717, 1.165) is 62.1 Å². The van der Waals surface area contributed by atoms with E-state index in [1.807, 2.05) is 29.2 Å². The smallest absolute Gasteiger partial charge is 0.251 e. The van der Waals surface area contributed by atoms with Gasteiger partial charge in [-0.1, -0.05) is 6.07 Å². The molecule has 184 valence electrons. The molecule has 2 saturated heterocycles. The lowest BCUT2D eigenvalue weighted by Crippen LogP contribution is -2.46. The molecule has 2 aliphatic rings. The van der Waals surface area contributed by atoms with Crippen molar-refractivity contribution in [1.82, 2.24) is 25.0 Å². The number of aromatic amines is 1. The molecule has 1 atom stereocenters. The van der Waals surface area contributed by atoms with Gasteiger partial charge in [0, 0.05) is 55.8 Å². The first-order chi connectivity index (χ1) is 17.1. The van der Waals surface area contributed by atoms with E-state index in [-0.39, 0.29) is 17.7 Å². The van der Waals surface area contributed by atoms with Gasteiger partial charge in [-0.3, -0.25) is 9.89 Å². The van der Waals surface area contributed by atoms with Crippen LogP contribution in [0.2, 0.25) is 0 Å². The monoisotopic (exact) mass is 477 g/mol. The average Bonchev–Trinajstić information content (AvgIpc) is 3.52. The molecule has 3 N–H and O–H groups in total. The normalized spacial score (nSPS) is 19.4. The number of hydrogen-bond acceptors (Lipinski definition) is 7. The number of aryl methyl sites for hydroxylation is 1. The van der Waals surface area contributed by atoms with Gasteiger partial charge >= 0.3 is 0 Å². The van der Waals surface area contributed by atoms with Gasteiger partial charge in [0.15, 0.2) is 0 Å². The second kappa shape index (κ2) is 10.5. The molecule has 35 heavy (non-hydrogen) atoms. The lowest BCUT2D eigenvalue weighted by atomic mass is 10.0. The van der Waals surface area contributed by atoms with Crippen LogP contribution in [0.15, 0.2) is 48.8 Å². The van der Waals surface area contributed by atoms with Gasteiger partial charge in [0.2, 0.25) is 5.88 Å². The van der Waals surface area contributed by atoms with Crippen LogP contribution in [-0.4, -0.2) is 79.4 Å². The lowest BCUT2D eigenvalue weighted by Gasteiger charge is -2.36. The molecule has 5 rings (SSSR count). The maximum atomic E-state index is 12.1. The first kappa shape index (κ1) is 23.3. The summed E-state index contributed by atoms with van der Waals surface area (Å²) in [6.07, 6.45) is 6.78. The maximum Gasteiger partial charge on any atom is 0.251 e. The summed E-state index contributed by atoms with van der Waals surface area (Å²) in [5, 5.41) is 27.0. The van der Waals surface area contributed by atoms with Crippen LogP contribution >= 0.6 is 0 Å². The lowest BCUT2D eigenvalue weighted by molar-refractivity contribution is -0.137. The second-order valence-corrected chi connectivity index (χ2v) is 9.26. The summed E-state index contributed by atoms with van der Waals surface area (Å²) in [5.41, 5.74) is 2.70. The number of hydrogen-bond donors (Lipinski definition) is 3. The number of benzene rings is 1. The summed E-state index contributed by atoms with van der Waals surface area (Å²) in [6.45, 7) is 3.54. The van der Waals surface area contributed by atoms with Crippen molar-refractivity contribution in [2.24, 2.45) is 0 Å². The zero-order valence-corrected chi connectivity index (χ0v) is 19.6. The molecule has 9 heteroatoms. The van der Waals surface area contributed by atoms with Gasteiger partial charge in [0.05, 0.1) is 5.69 Å². The van der Waals surface area contributed by atoms with Crippen LogP contribution in [0.5, 0.6) is 17.4 Å². The number of amides is 1. The predicted octanol–water partition coefficient (Wildman–Crippen LogP) is 2.96. The Morgan fingerprint density at radius 3 is 2.60 bits per heavy atom. The molecule has 0 radical (unpaired) electrons. The molecule has 4 heterocycles. The van der Waals surface area contributed by atoms with Gasteiger partial charge in [0.1, 0.15) is 17.6 Å². The molecule has 2 aliphatic heterocycles. The first-order valence-corrected chi connectivity index (χ1v) is 12.2. The Labute approximate surface area is 204 Å². The highest BCUT2D eigenvalue weighted by atomic mass is 16.5. The van der Waals surface area contributed by atoms with Crippen molar-refractivity contribution in [1.29, 1.82) is 0 Å². The number of aromatic hydroxyl groups is 1. The Morgan fingerprint density at radius 2 is 1.94 bits per heavy atom. The summed E-state index contributed by atoms with van der Waals surface area (Å²) in [7, 11) is 0. The molecular weight excluding hydrogens is 446 g/mol. The largest absolute Gasteiger partial charge is 0.508 e. The average molecular weight is 478 g/mol. The number of H-pyrrole nitrogens is 1. The van der Waals surface area contributed by atoms with Crippen LogP contribution in [0, 0.1) is 0 Å². The maximum absolute atomic E-state index is 12.1. The van der Waals surface area contributed by atoms with Crippen LogP contribution in [0.25, 0.3) is 11.3 Å². The van der Waals surface area contributed by atoms with E-state index in [1.54, 1.807) is 24.5 Å². The third-order valence-electron chi connectivity index (χ3n) is 6.96. The minimum Gasteiger partial charge on any atom is -0.508 e. The van der Waals surface area contributed by atoms with Gasteiger partial charge in [0.25, 0.3) is 5.91 Å². The van der Waals surface area contributed by atoms with Crippen molar-refractivity contribution >= 4 is 5.91 Å². The Morgan fingerprint density at radius 1 is 1.09 bits per heavy atom. The molecule has 0 bridgehead atoms. The minimum atomic E-state index is -0.804. The number of likely N-dealkylation sites (tertiary alicyclic amines) is 2. The number of phenols is 1. The standard InChI is InChI=1S/C26H31N5O4/c32-23-10-15-31(26(23)34)20-8-13-30(14-9-20)12-1-2-18-3-5-21(16-24(18)33)35-25-6-4-19(17-27-25)22-7-11-28-29-22/h3-7,11,16-17,20,23,32-33H,1-2,8-10,12-15H2,(H,28,29). The number of phenolic OH excluding ortho intramolecular Hbond substituents is 1. The van der Waals surface area contributed by atoms with Crippen molar-refractivity contribution in [3.8, 4) is 28.6 Å².